The van der Waals surface area contributed by atoms with Crippen molar-refractivity contribution >= 4 is 11.7 Å². The van der Waals surface area contributed by atoms with Crippen molar-refractivity contribution in [3.8, 4) is 0 Å². The first kappa shape index (κ1) is 14.5. The first-order chi connectivity index (χ1) is 8.76. The van der Waals surface area contributed by atoms with Gasteiger partial charge in [0, 0.05) is 12.2 Å². The van der Waals surface area contributed by atoms with Gasteiger partial charge in [0.2, 0.25) is 0 Å². The Balaban J connectivity index is 2.43. The van der Waals surface area contributed by atoms with Crippen LogP contribution in [0, 0.1) is 0 Å². The third-order valence-corrected chi connectivity index (χ3v) is 2.67. The fourth-order valence-electron chi connectivity index (χ4n) is 1.66. The lowest BCUT2D eigenvalue weighted by molar-refractivity contribution is 0.252. The third kappa shape index (κ3) is 5.68. The number of nitrogens with one attached hydrogen (secondary N) is 2. The molecular formula is C14H23N3O. The van der Waals surface area contributed by atoms with E-state index in [1.807, 2.05) is 18.2 Å². The Morgan fingerprint density at radius 3 is 2.89 bits per heavy atom. The lowest BCUT2D eigenvalue weighted by Gasteiger charge is -2.08. The van der Waals surface area contributed by atoms with E-state index in [0.717, 1.165) is 37.9 Å². The molecule has 0 fully saturated rings. The standard InChI is InChI=1S/C14H23N3O/c1-2-3-10-16-14(18)17-13-8-4-6-12(11-13)7-5-9-15/h4,6,8,11H,2-3,5,7,9-10,15H2,1H3,(H2,16,17,18). The maximum atomic E-state index is 11.6. The summed E-state index contributed by atoms with van der Waals surface area (Å²) in [7, 11) is 0. The molecule has 4 heteroatoms. The maximum Gasteiger partial charge on any atom is 0.319 e. The minimum Gasteiger partial charge on any atom is -0.338 e. The van der Waals surface area contributed by atoms with Crippen LogP contribution in [0.15, 0.2) is 24.3 Å². The number of rotatable bonds is 7. The minimum atomic E-state index is -0.139. The molecule has 0 aliphatic heterocycles. The van der Waals surface area contributed by atoms with Crippen LogP contribution in [-0.4, -0.2) is 19.1 Å². The van der Waals surface area contributed by atoms with Crippen LogP contribution in [0.3, 0.4) is 0 Å². The fraction of sp³-hybridized carbons (Fsp3) is 0.500. The summed E-state index contributed by atoms with van der Waals surface area (Å²) in [5, 5.41) is 5.66. The molecule has 1 rings (SSSR count). The summed E-state index contributed by atoms with van der Waals surface area (Å²) < 4.78 is 0. The van der Waals surface area contributed by atoms with Gasteiger partial charge in [-0.25, -0.2) is 4.79 Å². The molecule has 100 valence electrons. The van der Waals surface area contributed by atoms with Crippen molar-refractivity contribution in [2.24, 2.45) is 5.73 Å². The molecule has 0 unspecified atom stereocenters. The molecular weight excluding hydrogens is 226 g/mol. The topological polar surface area (TPSA) is 67.2 Å². The molecule has 0 aliphatic rings. The van der Waals surface area contributed by atoms with E-state index in [0.29, 0.717) is 6.54 Å². The highest BCUT2D eigenvalue weighted by Gasteiger charge is 2.01. The van der Waals surface area contributed by atoms with Crippen molar-refractivity contribution in [1.29, 1.82) is 0 Å². The van der Waals surface area contributed by atoms with Gasteiger partial charge in [0.05, 0.1) is 0 Å². The number of anilines is 1. The first-order valence-electron chi connectivity index (χ1n) is 6.60. The quantitative estimate of drug-likeness (QED) is 0.650. The molecule has 0 bridgehead atoms. The lowest BCUT2D eigenvalue weighted by atomic mass is 10.1. The molecule has 0 aliphatic carbocycles. The Kier molecular flexibility index (Phi) is 6.87. The summed E-state index contributed by atoms with van der Waals surface area (Å²) in [5.41, 5.74) is 7.52. The maximum absolute atomic E-state index is 11.6. The van der Waals surface area contributed by atoms with Crippen molar-refractivity contribution < 1.29 is 4.79 Å². The van der Waals surface area contributed by atoms with E-state index >= 15 is 0 Å². The van der Waals surface area contributed by atoms with E-state index in [1.165, 1.54) is 5.56 Å². The Morgan fingerprint density at radius 2 is 2.17 bits per heavy atom. The van der Waals surface area contributed by atoms with Crippen LogP contribution in [0.5, 0.6) is 0 Å². The van der Waals surface area contributed by atoms with Crippen LogP contribution < -0.4 is 16.4 Å². The molecule has 0 atom stereocenters. The number of urea groups is 1. The molecule has 0 saturated heterocycles. The summed E-state index contributed by atoms with van der Waals surface area (Å²) in [4.78, 5) is 11.6. The van der Waals surface area contributed by atoms with E-state index in [-0.39, 0.29) is 6.03 Å². The number of carbonyl (C=O) groups is 1. The molecule has 1 aromatic carbocycles. The average molecular weight is 249 g/mol. The van der Waals surface area contributed by atoms with Crippen LogP contribution in [0.25, 0.3) is 0 Å². The number of unbranched alkanes of at least 4 members (excludes halogenated alkanes) is 1. The first-order valence-corrected chi connectivity index (χ1v) is 6.60. The molecule has 0 spiro atoms. The predicted octanol–water partition coefficient (Wildman–Crippen LogP) is 2.50. The summed E-state index contributed by atoms with van der Waals surface area (Å²) >= 11 is 0. The number of aryl methyl sites for hydroxylation is 1. The van der Waals surface area contributed by atoms with Gasteiger partial charge >= 0.3 is 6.03 Å². The summed E-state index contributed by atoms with van der Waals surface area (Å²) in [6, 6.07) is 7.75. The minimum absolute atomic E-state index is 0.139. The molecule has 2 amide bonds. The van der Waals surface area contributed by atoms with Crippen molar-refractivity contribution in [3.05, 3.63) is 29.8 Å². The van der Waals surface area contributed by atoms with Gasteiger partial charge in [-0.05, 0) is 43.5 Å². The second-order valence-electron chi connectivity index (χ2n) is 4.33. The van der Waals surface area contributed by atoms with Gasteiger partial charge in [0.1, 0.15) is 0 Å². The Bertz CT molecular complexity index is 366. The molecule has 4 nitrogen and oxygen atoms in total. The van der Waals surface area contributed by atoms with Crippen molar-refractivity contribution in [2.75, 3.05) is 18.4 Å². The van der Waals surface area contributed by atoms with E-state index in [1.54, 1.807) is 0 Å². The number of benzene rings is 1. The van der Waals surface area contributed by atoms with Gasteiger partial charge in [-0.1, -0.05) is 25.5 Å². The second-order valence-corrected chi connectivity index (χ2v) is 4.33. The highest BCUT2D eigenvalue weighted by Crippen LogP contribution is 2.11. The van der Waals surface area contributed by atoms with E-state index in [4.69, 9.17) is 5.73 Å². The van der Waals surface area contributed by atoms with Crippen molar-refractivity contribution in [2.45, 2.75) is 32.6 Å². The number of hydrogen-bond acceptors (Lipinski definition) is 2. The zero-order valence-corrected chi connectivity index (χ0v) is 11.0. The molecule has 4 N–H and O–H groups in total. The normalized spacial score (nSPS) is 10.1. The highest BCUT2D eigenvalue weighted by molar-refractivity contribution is 5.89. The van der Waals surface area contributed by atoms with Crippen LogP contribution in [0.4, 0.5) is 10.5 Å². The molecule has 0 heterocycles. The molecule has 0 aromatic heterocycles. The number of amides is 2. The number of hydrogen-bond donors (Lipinski definition) is 3. The van der Waals surface area contributed by atoms with Gasteiger partial charge in [0.25, 0.3) is 0 Å². The fourth-order valence-corrected chi connectivity index (χ4v) is 1.66. The number of carbonyl (C=O) groups excluding carboxylic acids is 1. The molecule has 18 heavy (non-hydrogen) atoms. The van der Waals surface area contributed by atoms with Gasteiger partial charge in [-0.3, -0.25) is 0 Å². The highest BCUT2D eigenvalue weighted by atomic mass is 16.2. The SMILES string of the molecule is CCCCNC(=O)Nc1cccc(CCCN)c1. The van der Waals surface area contributed by atoms with Crippen LogP contribution in [0.2, 0.25) is 0 Å². The monoisotopic (exact) mass is 249 g/mol. The molecule has 1 aromatic rings. The van der Waals surface area contributed by atoms with Gasteiger partial charge in [-0.2, -0.15) is 0 Å². The Labute approximate surface area is 109 Å². The summed E-state index contributed by atoms with van der Waals surface area (Å²) in [5.74, 6) is 0. The predicted molar refractivity (Wildman–Crippen MR) is 75.7 cm³/mol. The summed E-state index contributed by atoms with van der Waals surface area (Å²) in [6.07, 6.45) is 3.99. The summed E-state index contributed by atoms with van der Waals surface area (Å²) in [6.45, 7) is 3.50. The Hall–Kier alpha value is -1.55. The van der Waals surface area contributed by atoms with Gasteiger partial charge < -0.3 is 16.4 Å². The third-order valence-electron chi connectivity index (χ3n) is 2.67. The van der Waals surface area contributed by atoms with Gasteiger partial charge in [0.15, 0.2) is 0 Å². The Morgan fingerprint density at radius 1 is 1.33 bits per heavy atom. The van der Waals surface area contributed by atoms with Crippen LogP contribution >= 0.6 is 0 Å². The lowest BCUT2D eigenvalue weighted by Crippen LogP contribution is -2.29. The molecule has 0 saturated carbocycles. The van der Waals surface area contributed by atoms with E-state index in [9.17, 15) is 4.79 Å². The van der Waals surface area contributed by atoms with Crippen LogP contribution in [0.1, 0.15) is 31.7 Å². The van der Waals surface area contributed by atoms with Crippen molar-refractivity contribution in [1.82, 2.24) is 5.32 Å². The zero-order valence-electron chi connectivity index (χ0n) is 11.0. The largest absolute Gasteiger partial charge is 0.338 e. The average Bonchev–Trinajstić information content (AvgIpc) is 2.37. The smallest absolute Gasteiger partial charge is 0.319 e. The molecule has 0 radical (unpaired) electrons. The number of nitrogens with two attached hydrogens (primary N) is 1. The van der Waals surface area contributed by atoms with Crippen LogP contribution in [-0.2, 0) is 6.42 Å². The van der Waals surface area contributed by atoms with Gasteiger partial charge in [-0.15, -0.1) is 0 Å². The van der Waals surface area contributed by atoms with Crippen molar-refractivity contribution in [3.63, 3.8) is 0 Å². The van der Waals surface area contributed by atoms with E-state index in [2.05, 4.69) is 23.6 Å². The second kappa shape index (κ2) is 8.53. The van der Waals surface area contributed by atoms with E-state index < -0.39 is 0 Å². The zero-order chi connectivity index (χ0) is 13.2.